The Bertz CT molecular complexity index is 577. The lowest BCUT2D eigenvalue weighted by molar-refractivity contribution is 0.797. The summed E-state index contributed by atoms with van der Waals surface area (Å²) in [6.45, 7) is 14.9. The summed E-state index contributed by atoms with van der Waals surface area (Å²) in [4.78, 5) is 8.72. The predicted molar refractivity (Wildman–Crippen MR) is 105 cm³/mol. The molecule has 0 aromatic carbocycles. The zero-order valence-electron chi connectivity index (χ0n) is 16.5. The molecule has 0 bridgehead atoms. The fourth-order valence-corrected chi connectivity index (χ4v) is 2.75. The molecule has 0 atom stereocenters. The Hall–Kier alpha value is -1.70. The monoisotopic (exact) mass is 326 g/mol. The number of pyridine rings is 2. The van der Waals surface area contributed by atoms with Crippen molar-refractivity contribution in [1.29, 1.82) is 0 Å². The smallest absolute Gasteiger partial charge is 0.0463 e. The molecule has 0 aliphatic heterocycles. The van der Waals surface area contributed by atoms with Crippen LogP contribution in [-0.2, 0) is 0 Å². The van der Waals surface area contributed by atoms with Gasteiger partial charge in [0.15, 0.2) is 0 Å². The first kappa shape index (κ1) is 20.3. The maximum Gasteiger partial charge on any atom is 0.0463 e. The van der Waals surface area contributed by atoms with Gasteiger partial charge in [-0.05, 0) is 60.8 Å². The van der Waals surface area contributed by atoms with E-state index < -0.39 is 0 Å². The third-order valence-corrected chi connectivity index (χ3v) is 4.03. The van der Waals surface area contributed by atoms with Gasteiger partial charge in [-0.25, -0.2) is 0 Å². The lowest BCUT2D eigenvalue weighted by Crippen LogP contribution is -1.97. The third-order valence-electron chi connectivity index (χ3n) is 4.03. The second kappa shape index (κ2) is 10.2. The van der Waals surface area contributed by atoms with Crippen LogP contribution in [0, 0.1) is 6.92 Å². The Kier molecular flexibility index (Phi) is 8.67. The molecule has 2 heterocycles. The van der Waals surface area contributed by atoms with Crippen LogP contribution < -0.4 is 0 Å². The van der Waals surface area contributed by atoms with Gasteiger partial charge in [-0.1, -0.05) is 53.7 Å². The highest BCUT2D eigenvalue weighted by atomic mass is 14.7. The third kappa shape index (κ3) is 6.07. The molecule has 132 valence electrons. The van der Waals surface area contributed by atoms with Gasteiger partial charge >= 0.3 is 0 Å². The van der Waals surface area contributed by atoms with Crippen LogP contribution in [0.25, 0.3) is 0 Å². The number of hydrogen-bond donors (Lipinski definition) is 0. The summed E-state index contributed by atoms with van der Waals surface area (Å²) in [6.07, 6.45) is 6.49. The van der Waals surface area contributed by atoms with Crippen LogP contribution in [0.3, 0.4) is 0 Å². The van der Waals surface area contributed by atoms with E-state index in [-0.39, 0.29) is 0 Å². The van der Waals surface area contributed by atoms with Crippen LogP contribution in [0.2, 0.25) is 0 Å². The second-order valence-corrected chi connectivity index (χ2v) is 6.77. The largest absolute Gasteiger partial charge is 0.261 e. The van der Waals surface area contributed by atoms with Crippen molar-refractivity contribution >= 4 is 0 Å². The van der Waals surface area contributed by atoms with E-state index >= 15 is 0 Å². The highest BCUT2D eigenvalue weighted by Gasteiger charge is 2.26. The van der Waals surface area contributed by atoms with Crippen molar-refractivity contribution in [3.8, 4) is 0 Å². The highest BCUT2D eigenvalue weighted by molar-refractivity contribution is 5.29. The minimum absolute atomic E-state index is 0.543. The van der Waals surface area contributed by atoms with Crippen LogP contribution in [0.1, 0.15) is 94.7 Å². The molecule has 1 aliphatic carbocycles. The topological polar surface area (TPSA) is 25.8 Å². The van der Waals surface area contributed by atoms with E-state index in [9.17, 15) is 0 Å². The van der Waals surface area contributed by atoms with E-state index in [0.717, 1.165) is 5.92 Å². The standard InChI is InChI=1S/C11H15N.C9H13N.C2H6/c1-8(2)11-10(9-5-6-9)4-3-7-12-11;1-7(2)9-8(3)5-4-6-10-9;1-2/h3-4,7-9H,5-6H2,1-2H3;4-7H,1-3H3;1-2H3. The van der Waals surface area contributed by atoms with Crippen LogP contribution in [0.4, 0.5) is 0 Å². The summed E-state index contributed by atoms with van der Waals surface area (Å²) < 4.78 is 0. The molecule has 0 radical (unpaired) electrons. The first-order chi connectivity index (χ1) is 11.5. The molecule has 0 saturated heterocycles. The zero-order chi connectivity index (χ0) is 18.1. The summed E-state index contributed by atoms with van der Waals surface area (Å²) in [6, 6.07) is 8.36. The molecule has 24 heavy (non-hydrogen) atoms. The molecule has 1 aliphatic rings. The van der Waals surface area contributed by atoms with Crippen molar-refractivity contribution in [2.24, 2.45) is 0 Å². The van der Waals surface area contributed by atoms with E-state index in [4.69, 9.17) is 0 Å². The van der Waals surface area contributed by atoms with Crippen molar-refractivity contribution in [1.82, 2.24) is 9.97 Å². The Morgan fingerprint density at radius 1 is 0.833 bits per heavy atom. The number of aryl methyl sites for hydroxylation is 1. The van der Waals surface area contributed by atoms with Crippen molar-refractivity contribution in [2.75, 3.05) is 0 Å². The van der Waals surface area contributed by atoms with E-state index in [1.807, 2.05) is 32.3 Å². The minimum Gasteiger partial charge on any atom is -0.261 e. The summed E-state index contributed by atoms with van der Waals surface area (Å²) in [5.41, 5.74) is 5.30. The van der Waals surface area contributed by atoms with E-state index in [1.165, 1.54) is 35.4 Å². The first-order valence-corrected chi connectivity index (χ1v) is 9.37. The summed E-state index contributed by atoms with van der Waals surface area (Å²) >= 11 is 0. The minimum atomic E-state index is 0.543. The molecule has 0 spiro atoms. The lowest BCUT2D eigenvalue weighted by atomic mass is 10.0. The molecule has 1 fully saturated rings. The lowest BCUT2D eigenvalue weighted by Gasteiger charge is -2.09. The Morgan fingerprint density at radius 2 is 1.33 bits per heavy atom. The average Bonchev–Trinajstić information content (AvgIpc) is 3.42. The van der Waals surface area contributed by atoms with Gasteiger partial charge in [0.2, 0.25) is 0 Å². The first-order valence-electron chi connectivity index (χ1n) is 9.37. The van der Waals surface area contributed by atoms with Gasteiger partial charge in [-0.15, -0.1) is 0 Å². The van der Waals surface area contributed by atoms with Crippen LogP contribution in [0.15, 0.2) is 36.7 Å². The zero-order valence-corrected chi connectivity index (χ0v) is 16.5. The number of aromatic nitrogens is 2. The van der Waals surface area contributed by atoms with Gasteiger partial charge in [-0.2, -0.15) is 0 Å². The predicted octanol–water partition coefficient (Wildman–Crippen LogP) is 6.62. The quantitative estimate of drug-likeness (QED) is 0.633. The second-order valence-electron chi connectivity index (χ2n) is 6.77. The summed E-state index contributed by atoms with van der Waals surface area (Å²) in [7, 11) is 0. The van der Waals surface area contributed by atoms with Crippen molar-refractivity contribution in [3.05, 3.63) is 59.2 Å². The van der Waals surface area contributed by atoms with Gasteiger partial charge in [-0.3, -0.25) is 9.97 Å². The highest BCUT2D eigenvalue weighted by Crippen LogP contribution is 2.42. The van der Waals surface area contributed by atoms with Crippen molar-refractivity contribution in [3.63, 3.8) is 0 Å². The van der Waals surface area contributed by atoms with E-state index in [1.54, 1.807) is 0 Å². The van der Waals surface area contributed by atoms with E-state index in [0.29, 0.717) is 11.8 Å². The molecule has 0 N–H and O–H groups in total. The number of rotatable bonds is 3. The number of nitrogens with zero attached hydrogens (tertiary/aromatic N) is 2. The maximum absolute atomic E-state index is 4.44. The molecule has 2 nitrogen and oxygen atoms in total. The van der Waals surface area contributed by atoms with Crippen LogP contribution >= 0.6 is 0 Å². The molecule has 1 saturated carbocycles. The van der Waals surface area contributed by atoms with E-state index in [2.05, 4.69) is 62.8 Å². The molecular weight excluding hydrogens is 292 g/mol. The molecule has 0 unspecified atom stereocenters. The van der Waals surface area contributed by atoms with Crippen molar-refractivity contribution in [2.45, 2.75) is 79.1 Å². The molecule has 2 aromatic heterocycles. The average molecular weight is 327 g/mol. The molecule has 2 heteroatoms. The van der Waals surface area contributed by atoms with Gasteiger partial charge in [0.1, 0.15) is 0 Å². The molecular formula is C22H34N2. The Labute approximate surface area is 148 Å². The fraction of sp³-hybridized carbons (Fsp3) is 0.545. The summed E-state index contributed by atoms with van der Waals surface area (Å²) in [5, 5.41) is 0. The van der Waals surface area contributed by atoms with Gasteiger partial charge in [0.25, 0.3) is 0 Å². The van der Waals surface area contributed by atoms with Gasteiger partial charge < -0.3 is 0 Å². The maximum atomic E-state index is 4.44. The molecule has 3 rings (SSSR count). The molecule has 0 amide bonds. The van der Waals surface area contributed by atoms with Gasteiger partial charge in [0.05, 0.1) is 0 Å². The Morgan fingerprint density at radius 3 is 1.75 bits per heavy atom. The van der Waals surface area contributed by atoms with Crippen LogP contribution in [-0.4, -0.2) is 9.97 Å². The SMILES string of the molecule is CC.CC(C)c1ncccc1C1CC1.Cc1cccnc1C(C)C. The Balaban J connectivity index is 0.000000221. The fourth-order valence-electron chi connectivity index (χ4n) is 2.75. The summed E-state index contributed by atoms with van der Waals surface area (Å²) in [5.74, 6) is 1.94. The van der Waals surface area contributed by atoms with Gasteiger partial charge in [0, 0.05) is 23.8 Å². The molecule has 2 aromatic rings. The van der Waals surface area contributed by atoms with Crippen molar-refractivity contribution < 1.29 is 0 Å². The van der Waals surface area contributed by atoms with Crippen LogP contribution in [0.5, 0.6) is 0 Å². The number of hydrogen-bond acceptors (Lipinski definition) is 2. The normalized spacial score (nSPS) is 13.0.